The van der Waals surface area contributed by atoms with Crippen LogP contribution < -0.4 is 5.32 Å². The van der Waals surface area contributed by atoms with E-state index in [2.05, 4.69) is 5.32 Å². The minimum Gasteiger partial charge on any atom is -0.325 e. The van der Waals surface area contributed by atoms with Gasteiger partial charge in [-0.3, -0.25) is 9.79 Å². The molecule has 4 nitrogen and oxygen atoms in total. The Morgan fingerprint density at radius 2 is 1.73 bits per heavy atom. The molecule has 0 fully saturated rings. The maximum atomic E-state index is 13.4. The van der Waals surface area contributed by atoms with Crippen molar-refractivity contribution < 1.29 is 9.18 Å². The second-order valence-electron chi connectivity index (χ2n) is 6.94. The number of fused-ring (bicyclic) bond motifs is 1. The Morgan fingerprint density at radius 1 is 1.00 bits per heavy atom. The number of amides is 1. The van der Waals surface area contributed by atoms with Crippen molar-refractivity contribution in [3.63, 3.8) is 0 Å². The second kappa shape index (κ2) is 9.05. The first kappa shape index (κ1) is 20.0. The molecule has 0 aromatic heterocycles. The van der Waals surface area contributed by atoms with Crippen molar-refractivity contribution >= 4 is 45.5 Å². The van der Waals surface area contributed by atoms with Gasteiger partial charge in [-0.2, -0.15) is 0 Å². The van der Waals surface area contributed by atoms with Gasteiger partial charge in [-0.15, -0.1) is 11.8 Å². The first-order valence-corrected chi connectivity index (χ1v) is 10.5. The Balaban J connectivity index is 1.52. The van der Waals surface area contributed by atoms with E-state index in [1.165, 1.54) is 23.9 Å². The largest absolute Gasteiger partial charge is 0.325 e. The number of thioether (sulfide) groups is 1. The van der Waals surface area contributed by atoms with Gasteiger partial charge in [-0.05, 0) is 54.4 Å². The third-order valence-electron chi connectivity index (χ3n) is 4.55. The molecule has 0 saturated heterocycles. The van der Waals surface area contributed by atoms with Crippen LogP contribution in [0, 0.1) is 12.7 Å². The number of hydrogen-bond acceptors (Lipinski definition) is 4. The average Bonchev–Trinajstić information content (AvgIpc) is 2.92. The van der Waals surface area contributed by atoms with E-state index < -0.39 is 0 Å². The molecule has 4 rings (SSSR count). The fourth-order valence-electron chi connectivity index (χ4n) is 3.12. The summed E-state index contributed by atoms with van der Waals surface area (Å²) in [6, 6.07) is 21.6. The topological polar surface area (TPSA) is 53.8 Å². The van der Waals surface area contributed by atoms with Gasteiger partial charge in [0.1, 0.15) is 5.82 Å². The van der Waals surface area contributed by atoms with Crippen molar-refractivity contribution in [2.24, 2.45) is 9.98 Å². The van der Waals surface area contributed by atoms with E-state index in [1.807, 2.05) is 55.5 Å². The van der Waals surface area contributed by atoms with Crippen LogP contribution >= 0.6 is 11.8 Å². The van der Waals surface area contributed by atoms with Crippen LogP contribution in [0.4, 0.5) is 21.5 Å². The van der Waals surface area contributed by atoms with Crippen LogP contribution in [0.5, 0.6) is 0 Å². The Hall–Kier alpha value is -3.25. The number of carbonyl (C=O) groups is 1. The van der Waals surface area contributed by atoms with Crippen molar-refractivity contribution in [1.29, 1.82) is 0 Å². The molecule has 0 spiro atoms. The van der Waals surface area contributed by atoms with Gasteiger partial charge >= 0.3 is 0 Å². The molecule has 3 aromatic carbocycles. The number of anilines is 1. The molecule has 150 valence electrons. The van der Waals surface area contributed by atoms with Crippen molar-refractivity contribution in [3.8, 4) is 0 Å². The predicted octanol–water partition coefficient (Wildman–Crippen LogP) is 6.06. The number of halogens is 1. The lowest BCUT2D eigenvalue weighted by Gasteiger charge is -2.09. The third-order valence-corrected chi connectivity index (χ3v) is 5.53. The van der Waals surface area contributed by atoms with E-state index in [1.54, 1.807) is 12.1 Å². The summed E-state index contributed by atoms with van der Waals surface area (Å²) in [6.07, 6.45) is 0.475. The summed E-state index contributed by atoms with van der Waals surface area (Å²) in [4.78, 5) is 21.9. The molecule has 0 atom stereocenters. The number of carbonyl (C=O) groups excluding carboxylic acids is 1. The van der Waals surface area contributed by atoms with Crippen molar-refractivity contribution in [2.45, 2.75) is 13.3 Å². The molecule has 1 N–H and O–H groups in total. The van der Waals surface area contributed by atoms with E-state index in [-0.39, 0.29) is 17.5 Å². The highest BCUT2D eigenvalue weighted by atomic mass is 32.2. The quantitative estimate of drug-likeness (QED) is 0.561. The highest BCUT2D eigenvalue weighted by molar-refractivity contribution is 8.14. The zero-order valence-electron chi connectivity index (χ0n) is 16.4. The number of aliphatic imine (C=N–C) groups is 2. The normalized spacial score (nSPS) is 13.0. The maximum absolute atomic E-state index is 13.4. The number of para-hydroxylation sites is 2. The van der Waals surface area contributed by atoms with Crippen molar-refractivity contribution in [2.75, 3.05) is 11.1 Å². The first-order valence-electron chi connectivity index (χ1n) is 9.56. The second-order valence-corrected chi connectivity index (χ2v) is 7.99. The molecule has 1 aliphatic heterocycles. The van der Waals surface area contributed by atoms with Gasteiger partial charge in [-0.25, -0.2) is 9.38 Å². The number of nitrogens with zero attached hydrogens (tertiary/aromatic N) is 2. The number of nitrogens with one attached hydrogen (secondary N) is 1. The number of aryl methyl sites for hydroxylation is 1. The highest BCUT2D eigenvalue weighted by Crippen LogP contribution is 2.33. The summed E-state index contributed by atoms with van der Waals surface area (Å²) < 4.78 is 13.4. The number of hydrogen-bond donors (Lipinski definition) is 1. The molecule has 0 saturated carbocycles. The van der Waals surface area contributed by atoms with Gasteiger partial charge < -0.3 is 5.32 Å². The highest BCUT2D eigenvalue weighted by Gasteiger charge is 2.16. The van der Waals surface area contributed by atoms with Gasteiger partial charge in [-0.1, -0.05) is 36.4 Å². The fraction of sp³-hybridized carbons (Fsp3) is 0.125. The summed E-state index contributed by atoms with van der Waals surface area (Å²) in [5, 5.41) is 3.71. The molecule has 0 unspecified atom stereocenters. The molecule has 0 aliphatic carbocycles. The third kappa shape index (κ3) is 5.02. The van der Waals surface area contributed by atoms with E-state index in [0.29, 0.717) is 6.42 Å². The van der Waals surface area contributed by atoms with E-state index in [9.17, 15) is 9.18 Å². The van der Waals surface area contributed by atoms with Crippen LogP contribution in [0.25, 0.3) is 0 Å². The summed E-state index contributed by atoms with van der Waals surface area (Å²) in [7, 11) is 0. The van der Waals surface area contributed by atoms with Crippen LogP contribution in [0.15, 0.2) is 82.8 Å². The fourth-order valence-corrected chi connectivity index (χ4v) is 3.89. The van der Waals surface area contributed by atoms with Crippen LogP contribution in [0.3, 0.4) is 0 Å². The van der Waals surface area contributed by atoms with E-state index in [0.717, 1.165) is 38.9 Å². The summed E-state index contributed by atoms with van der Waals surface area (Å²) in [6.45, 7) is 1.98. The maximum Gasteiger partial charge on any atom is 0.234 e. The lowest BCUT2D eigenvalue weighted by atomic mass is 10.1. The molecular formula is C24H20FN3OS. The summed E-state index contributed by atoms with van der Waals surface area (Å²) in [5.41, 5.74) is 5.02. The van der Waals surface area contributed by atoms with Gasteiger partial charge in [0, 0.05) is 12.1 Å². The van der Waals surface area contributed by atoms with Crippen molar-refractivity contribution in [1.82, 2.24) is 0 Å². The monoisotopic (exact) mass is 417 g/mol. The smallest absolute Gasteiger partial charge is 0.234 e. The van der Waals surface area contributed by atoms with Crippen molar-refractivity contribution in [3.05, 3.63) is 89.7 Å². The van der Waals surface area contributed by atoms with Crippen LogP contribution in [0.1, 0.15) is 17.5 Å². The lowest BCUT2D eigenvalue weighted by molar-refractivity contribution is -0.113. The molecule has 1 amide bonds. The standard InChI is InChI=1S/C24H20FN3OS/c1-16-5-4-6-19(13-16)26-23(29)15-30-24-14-22(17-9-11-18(25)12-10-17)27-20-7-2-3-8-21(20)28-24/h2-13H,14-15H2,1H3,(H,26,29). The Kier molecular flexibility index (Phi) is 6.05. The lowest BCUT2D eigenvalue weighted by Crippen LogP contribution is -2.16. The Labute approximate surface area is 179 Å². The van der Waals surface area contributed by atoms with E-state index in [4.69, 9.17) is 9.98 Å². The molecule has 1 heterocycles. The zero-order valence-corrected chi connectivity index (χ0v) is 17.2. The summed E-state index contributed by atoms with van der Waals surface area (Å²) in [5.74, 6) is -0.137. The number of rotatable bonds is 4. The van der Waals surface area contributed by atoms with Crippen LogP contribution in [0.2, 0.25) is 0 Å². The minimum atomic E-state index is -0.288. The van der Waals surface area contributed by atoms with Gasteiger partial charge in [0.25, 0.3) is 0 Å². The Bertz CT molecular complexity index is 1140. The predicted molar refractivity (Wildman–Crippen MR) is 123 cm³/mol. The van der Waals surface area contributed by atoms with Gasteiger partial charge in [0.05, 0.1) is 27.9 Å². The average molecular weight is 418 g/mol. The Morgan fingerprint density at radius 3 is 2.47 bits per heavy atom. The minimum absolute atomic E-state index is 0.0916. The zero-order chi connectivity index (χ0) is 20.9. The molecule has 30 heavy (non-hydrogen) atoms. The first-order chi connectivity index (χ1) is 14.6. The number of benzene rings is 3. The molecular weight excluding hydrogens is 397 g/mol. The van der Waals surface area contributed by atoms with E-state index >= 15 is 0 Å². The molecule has 0 radical (unpaired) electrons. The molecule has 6 heteroatoms. The van der Waals surface area contributed by atoms with Gasteiger partial charge in [0.2, 0.25) is 5.91 Å². The van der Waals surface area contributed by atoms with Crippen LogP contribution in [-0.2, 0) is 4.79 Å². The summed E-state index contributed by atoms with van der Waals surface area (Å²) >= 11 is 1.39. The molecule has 0 bridgehead atoms. The molecule has 3 aromatic rings. The van der Waals surface area contributed by atoms with Gasteiger partial charge in [0.15, 0.2) is 0 Å². The SMILES string of the molecule is Cc1cccc(NC(=O)CSC2=Nc3ccccc3N=C(c3ccc(F)cc3)C2)c1. The molecule has 1 aliphatic rings. The van der Waals surface area contributed by atoms with Crippen LogP contribution in [-0.4, -0.2) is 22.4 Å².